The molecule has 0 N–H and O–H groups in total. The van der Waals surface area contributed by atoms with Gasteiger partial charge in [0.2, 0.25) is 0 Å². The lowest BCUT2D eigenvalue weighted by molar-refractivity contribution is 0.529. The third-order valence-corrected chi connectivity index (χ3v) is 4.14. The number of hydrogen-bond acceptors (Lipinski definition) is 0. The van der Waals surface area contributed by atoms with Crippen LogP contribution in [0, 0.1) is 5.92 Å². The Balaban J connectivity index is 1.94. The van der Waals surface area contributed by atoms with Gasteiger partial charge < -0.3 is 0 Å². The fraction of sp³-hybridized carbons (Fsp3) is 1.00. The summed E-state index contributed by atoms with van der Waals surface area (Å²) in [5, 5.41) is 0. The number of halogens is 2. The molecule has 1 aliphatic rings. The van der Waals surface area contributed by atoms with Gasteiger partial charge in [-0.1, -0.05) is 38.1 Å². The zero-order valence-corrected chi connectivity index (χ0v) is 9.17. The van der Waals surface area contributed by atoms with E-state index in [0.29, 0.717) is 0 Å². The van der Waals surface area contributed by atoms with Crippen molar-refractivity contribution in [3.05, 3.63) is 0 Å². The summed E-state index contributed by atoms with van der Waals surface area (Å²) >= 11 is 11.3. The highest BCUT2D eigenvalue weighted by Gasteiger charge is 2.14. The minimum Gasteiger partial charge on any atom is -0.110 e. The third-order valence-electron chi connectivity index (χ3n) is 2.33. The molecule has 1 fully saturated rings. The molecule has 11 heavy (non-hydrogen) atoms. The van der Waals surface area contributed by atoms with Gasteiger partial charge in [0.1, 0.15) is 0 Å². The summed E-state index contributed by atoms with van der Waals surface area (Å²) in [7, 11) is 0.746. The van der Waals surface area contributed by atoms with Crippen molar-refractivity contribution < 1.29 is 0 Å². The molecule has 0 bridgehead atoms. The molecule has 1 rings (SSSR count). The van der Waals surface area contributed by atoms with Crippen LogP contribution in [0.3, 0.4) is 0 Å². The molecule has 1 aliphatic carbocycles. The van der Waals surface area contributed by atoms with Crippen LogP contribution < -0.4 is 0 Å². The molecule has 1 saturated carbocycles. The standard InChI is InChI=1S/C8H14Cl2Si/c9-8(10)11-6-5-7-3-1-2-4-7/h7-8H,1-6H2. The Bertz CT molecular complexity index is 100. The van der Waals surface area contributed by atoms with Gasteiger partial charge in [-0.25, -0.2) is 0 Å². The maximum atomic E-state index is 5.64. The van der Waals surface area contributed by atoms with Crippen LogP contribution in [-0.4, -0.2) is 14.0 Å². The largest absolute Gasteiger partial charge is 0.110 e. The zero-order valence-electron chi connectivity index (χ0n) is 6.65. The fourth-order valence-corrected chi connectivity index (χ4v) is 3.14. The lowest BCUT2D eigenvalue weighted by Crippen LogP contribution is -2.03. The van der Waals surface area contributed by atoms with E-state index in [-0.39, 0.29) is 4.46 Å². The van der Waals surface area contributed by atoms with Crippen molar-refractivity contribution >= 4 is 32.7 Å². The van der Waals surface area contributed by atoms with Crippen molar-refractivity contribution in [3.63, 3.8) is 0 Å². The second-order valence-corrected chi connectivity index (χ2v) is 6.51. The minimum atomic E-state index is -0.114. The normalized spacial score (nSPS) is 19.9. The molecule has 0 aromatic rings. The summed E-state index contributed by atoms with van der Waals surface area (Å²) in [6, 6.07) is 1.24. The highest BCUT2D eigenvalue weighted by molar-refractivity contribution is 6.68. The van der Waals surface area contributed by atoms with Crippen LogP contribution >= 0.6 is 23.2 Å². The van der Waals surface area contributed by atoms with Crippen LogP contribution in [0.4, 0.5) is 0 Å². The first-order valence-electron chi connectivity index (χ1n) is 4.30. The van der Waals surface area contributed by atoms with E-state index in [2.05, 4.69) is 0 Å². The van der Waals surface area contributed by atoms with E-state index in [0.717, 1.165) is 15.4 Å². The first-order chi connectivity index (χ1) is 5.29. The van der Waals surface area contributed by atoms with Gasteiger partial charge in [0.15, 0.2) is 0 Å². The first kappa shape index (κ1) is 9.88. The maximum absolute atomic E-state index is 5.64. The lowest BCUT2D eigenvalue weighted by Gasteiger charge is -2.07. The highest BCUT2D eigenvalue weighted by Crippen LogP contribution is 2.28. The molecule has 0 aromatic heterocycles. The summed E-state index contributed by atoms with van der Waals surface area (Å²) < 4.78 is -0.114. The smallest absolute Gasteiger partial charge is 0.0929 e. The predicted octanol–water partition coefficient (Wildman–Crippen LogP) is 3.45. The summed E-state index contributed by atoms with van der Waals surface area (Å²) in [5.74, 6) is 0.995. The van der Waals surface area contributed by atoms with Crippen molar-refractivity contribution in [1.29, 1.82) is 0 Å². The van der Waals surface area contributed by atoms with E-state index in [9.17, 15) is 0 Å². The maximum Gasteiger partial charge on any atom is 0.0929 e. The topological polar surface area (TPSA) is 0 Å². The van der Waals surface area contributed by atoms with Crippen LogP contribution in [0.1, 0.15) is 32.1 Å². The SMILES string of the molecule is ClC(Cl)[Si]CCC1CCCC1. The molecule has 0 amide bonds. The lowest BCUT2D eigenvalue weighted by atomic mass is 10.1. The Morgan fingerprint density at radius 3 is 2.45 bits per heavy atom. The second kappa shape index (κ2) is 5.44. The Morgan fingerprint density at radius 2 is 1.91 bits per heavy atom. The van der Waals surface area contributed by atoms with E-state index < -0.39 is 0 Å². The van der Waals surface area contributed by atoms with Crippen LogP contribution in [0.25, 0.3) is 0 Å². The zero-order chi connectivity index (χ0) is 8.10. The molecule has 3 heteroatoms. The Morgan fingerprint density at radius 1 is 1.27 bits per heavy atom. The molecule has 0 atom stereocenters. The van der Waals surface area contributed by atoms with Crippen LogP contribution in [0.15, 0.2) is 0 Å². The van der Waals surface area contributed by atoms with E-state index in [4.69, 9.17) is 23.2 Å². The fourth-order valence-electron chi connectivity index (χ4n) is 1.70. The van der Waals surface area contributed by atoms with Gasteiger partial charge in [-0.05, 0) is 5.92 Å². The second-order valence-electron chi connectivity index (χ2n) is 3.19. The van der Waals surface area contributed by atoms with Crippen molar-refractivity contribution in [1.82, 2.24) is 0 Å². The molecule has 0 aromatic carbocycles. The van der Waals surface area contributed by atoms with E-state index in [1.54, 1.807) is 0 Å². The average Bonchev–Trinajstić information content (AvgIpc) is 2.39. The van der Waals surface area contributed by atoms with E-state index >= 15 is 0 Å². The summed E-state index contributed by atoms with van der Waals surface area (Å²) in [5.41, 5.74) is 0. The Hall–Kier alpha value is 0.797. The van der Waals surface area contributed by atoms with Gasteiger partial charge in [-0.3, -0.25) is 0 Å². The van der Waals surface area contributed by atoms with Crippen molar-refractivity contribution in [2.75, 3.05) is 0 Å². The molecular formula is C8H14Cl2Si. The van der Waals surface area contributed by atoms with Crippen LogP contribution in [0.2, 0.25) is 6.04 Å². The summed E-state index contributed by atoms with van der Waals surface area (Å²) in [6.45, 7) is 0. The quantitative estimate of drug-likeness (QED) is 0.491. The molecule has 0 heterocycles. The van der Waals surface area contributed by atoms with Crippen molar-refractivity contribution in [3.8, 4) is 0 Å². The van der Waals surface area contributed by atoms with E-state index in [1.165, 1.54) is 38.1 Å². The number of alkyl halides is 2. The van der Waals surface area contributed by atoms with Gasteiger partial charge in [0.05, 0.1) is 14.0 Å². The molecular weight excluding hydrogens is 195 g/mol. The van der Waals surface area contributed by atoms with Crippen molar-refractivity contribution in [2.24, 2.45) is 5.92 Å². The van der Waals surface area contributed by atoms with Gasteiger partial charge in [-0.15, -0.1) is 23.2 Å². The predicted molar refractivity (Wildman–Crippen MR) is 52.6 cm³/mol. The molecule has 0 saturated heterocycles. The molecule has 64 valence electrons. The van der Waals surface area contributed by atoms with E-state index in [1.807, 2.05) is 0 Å². The monoisotopic (exact) mass is 208 g/mol. The molecule has 0 unspecified atom stereocenters. The molecule has 0 aliphatic heterocycles. The number of hydrogen-bond donors (Lipinski definition) is 0. The van der Waals surface area contributed by atoms with Gasteiger partial charge >= 0.3 is 0 Å². The summed E-state index contributed by atoms with van der Waals surface area (Å²) in [4.78, 5) is 0. The molecule has 2 radical (unpaired) electrons. The van der Waals surface area contributed by atoms with Crippen LogP contribution in [-0.2, 0) is 0 Å². The summed E-state index contributed by atoms with van der Waals surface area (Å²) in [6.07, 6.45) is 7.13. The highest BCUT2D eigenvalue weighted by atomic mass is 35.5. The Kier molecular flexibility index (Phi) is 4.89. The third kappa shape index (κ3) is 4.39. The minimum absolute atomic E-state index is 0.114. The van der Waals surface area contributed by atoms with Crippen molar-refractivity contribution in [2.45, 2.75) is 42.6 Å². The first-order valence-corrected chi connectivity index (χ1v) is 6.46. The van der Waals surface area contributed by atoms with Gasteiger partial charge in [-0.2, -0.15) is 0 Å². The van der Waals surface area contributed by atoms with Crippen LogP contribution in [0.5, 0.6) is 0 Å². The molecule has 0 spiro atoms. The Labute approximate surface area is 81.5 Å². The molecule has 0 nitrogen and oxygen atoms in total. The van der Waals surface area contributed by atoms with Gasteiger partial charge in [0.25, 0.3) is 0 Å². The van der Waals surface area contributed by atoms with Gasteiger partial charge in [0, 0.05) is 0 Å². The average molecular weight is 209 g/mol. The number of rotatable bonds is 4.